The first-order chi connectivity index (χ1) is 13.4. The lowest BCUT2D eigenvalue weighted by Crippen LogP contribution is -2.14. The number of nitrogens with one attached hydrogen (secondary N) is 1. The molecule has 1 aromatic heterocycles. The number of aryl methyl sites for hydroxylation is 2. The molecule has 140 valence electrons. The zero-order chi connectivity index (χ0) is 20.3. The van der Waals surface area contributed by atoms with E-state index in [1.54, 1.807) is 30.3 Å². The van der Waals surface area contributed by atoms with Crippen molar-refractivity contribution in [2.24, 2.45) is 0 Å². The van der Waals surface area contributed by atoms with Gasteiger partial charge in [0.1, 0.15) is 23.2 Å². The lowest BCUT2D eigenvalue weighted by molar-refractivity contribution is -0.112. The third-order valence-electron chi connectivity index (χ3n) is 4.11. The van der Waals surface area contributed by atoms with E-state index in [0.29, 0.717) is 32.8 Å². The molecule has 0 spiro atoms. The van der Waals surface area contributed by atoms with Crippen LogP contribution in [0.3, 0.4) is 0 Å². The van der Waals surface area contributed by atoms with Gasteiger partial charge in [0, 0.05) is 22.3 Å². The number of amides is 1. The highest BCUT2D eigenvalue weighted by molar-refractivity contribution is 6.35. The number of hydrogen-bond donors (Lipinski definition) is 1. The Kier molecular flexibility index (Phi) is 5.89. The average molecular weight is 411 g/mol. The second-order valence-electron chi connectivity index (χ2n) is 6.27. The summed E-state index contributed by atoms with van der Waals surface area (Å²) in [7, 11) is 0. The molecule has 6 heteroatoms. The van der Waals surface area contributed by atoms with Crippen molar-refractivity contribution in [1.29, 1.82) is 5.26 Å². The predicted octanol–water partition coefficient (Wildman–Crippen LogP) is 6.42. The van der Waals surface area contributed by atoms with Gasteiger partial charge in [0.2, 0.25) is 0 Å². The molecule has 4 nitrogen and oxygen atoms in total. The predicted molar refractivity (Wildman–Crippen MR) is 112 cm³/mol. The third kappa shape index (κ3) is 4.45. The molecule has 3 rings (SSSR count). The molecule has 0 fully saturated rings. The quantitative estimate of drug-likeness (QED) is 0.398. The number of rotatable bonds is 4. The Morgan fingerprint density at radius 1 is 1.11 bits per heavy atom. The molecule has 0 unspecified atom stereocenters. The van der Waals surface area contributed by atoms with Crippen molar-refractivity contribution >= 4 is 40.9 Å². The van der Waals surface area contributed by atoms with Crippen molar-refractivity contribution in [2.45, 2.75) is 13.8 Å². The number of benzene rings is 2. The second-order valence-corrected chi connectivity index (χ2v) is 7.11. The molecule has 0 bridgehead atoms. The van der Waals surface area contributed by atoms with E-state index in [9.17, 15) is 10.1 Å². The molecule has 0 saturated carbocycles. The van der Waals surface area contributed by atoms with Crippen molar-refractivity contribution in [3.8, 4) is 17.4 Å². The van der Waals surface area contributed by atoms with Gasteiger partial charge < -0.3 is 9.73 Å². The van der Waals surface area contributed by atoms with E-state index >= 15 is 0 Å². The molecular weight excluding hydrogens is 395 g/mol. The van der Waals surface area contributed by atoms with E-state index in [2.05, 4.69) is 5.32 Å². The molecule has 0 aliphatic rings. The fourth-order valence-corrected chi connectivity index (χ4v) is 3.00. The Bertz CT molecular complexity index is 1120. The third-order valence-corrected chi connectivity index (χ3v) is 4.68. The molecule has 1 amide bonds. The summed E-state index contributed by atoms with van der Waals surface area (Å²) in [6, 6.07) is 16.1. The summed E-state index contributed by atoms with van der Waals surface area (Å²) in [5.74, 6) is 0.347. The van der Waals surface area contributed by atoms with Gasteiger partial charge in [0.15, 0.2) is 0 Å². The van der Waals surface area contributed by atoms with Gasteiger partial charge in [-0.15, -0.1) is 0 Å². The van der Waals surface area contributed by atoms with Crippen LogP contribution in [0.5, 0.6) is 0 Å². The van der Waals surface area contributed by atoms with E-state index in [0.717, 1.165) is 11.1 Å². The van der Waals surface area contributed by atoms with Crippen LogP contribution in [-0.4, -0.2) is 5.91 Å². The van der Waals surface area contributed by atoms with E-state index in [-0.39, 0.29) is 5.57 Å². The van der Waals surface area contributed by atoms with Crippen LogP contribution in [-0.2, 0) is 4.79 Å². The van der Waals surface area contributed by atoms with Crippen molar-refractivity contribution in [3.05, 3.63) is 81.0 Å². The summed E-state index contributed by atoms with van der Waals surface area (Å²) < 4.78 is 5.73. The Morgan fingerprint density at radius 3 is 2.64 bits per heavy atom. The highest BCUT2D eigenvalue weighted by Gasteiger charge is 2.14. The first-order valence-corrected chi connectivity index (χ1v) is 9.18. The van der Waals surface area contributed by atoms with E-state index in [4.69, 9.17) is 27.6 Å². The standard InChI is InChI=1S/C22H16Cl2N2O2/c1-13-3-4-14(2)20(9-13)26-22(27)15(12-25)10-17-6-8-21(28-17)18-11-16(23)5-7-19(18)24/h3-11H,1-2H3,(H,26,27)/b15-10+. The fourth-order valence-electron chi connectivity index (χ4n) is 2.61. The summed E-state index contributed by atoms with van der Waals surface area (Å²) in [6.07, 6.45) is 1.39. The molecule has 0 radical (unpaired) electrons. The number of furan rings is 1. The molecule has 0 aliphatic heterocycles. The summed E-state index contributed by atoms with van der Waals surface area (Å²) in [5, 5.41) is 13.2. The zero-order valence-corrected chi connectivity index (χ0v) is 16.7. The maximum Gasteiger partial charge on any atom is 0.266 e. The minimum absolute atomic E-state index is 0.0704. The van der Waals surface area contributed by atoms with Gasteiger partial charge in [0.05, 0.1) is 5.02 Å². The topological polar surface area (TPSA) is 66.0 Å². The van der Waals surface area contributed by atoms with Gasteiger partial charge in [0.25, 0.3) is 5.91 Å². The molecule has 1 heterocycles. The van der Waals surface area contributed by atoms with Crippen LogP contribution in [0.25, 0.3) is 17.4 Å². The SMILES string of the molecule is Cc1ccc(C)c(NC(=O)/C(C#N)=C/c2ccc(-c3cc(Cl)ccc3Cl)o2)c1. The largest absolute Gasteiger partial charge is 0.457 e. The second kappa shape index (κ2) is 8.35. The zero-order valence-electron chi connectivity index (χ0n) is 15.2. The summed E-state index contributed by atoms with van der Waals surface area (Å²) in [4.78, 5) is 12.5. The number of nitrogens with zero attached hydrogens (tertiary/aromatic N) is 1. The number of carbonyl (C=O) groups is 1. The van der Waals surface area contributed by atoms with Crippen molar-refractivity contribution in [1.82, 2.24) is 0 Å². The van der Waals surface area contributed by atoms with Crippen molar-refractivity contribution in [2.75, 3.05) is 5.32 Å². The normalized spacial score (nSPS) is 11.2. The number of hydrogen-bond acceptors (Lipinski definition) is 3. The number of nitriles is 1. The Labute approximate surface area is 173 Å². The molecule has 1 N–H and O–H groups in total. The molecular formula is C22H16Cl2N2O2. The molecule has 0 saturated heterocycles. The Hall–Kier alpha value is -3.00. The molecule has 0 atom stereocenters. The van der Waals surface area contributed by atoms with Gasteiger partial charge in [-0.25, -0.2) is 0 Å². The minimum atomic E-state index is -0.505. The van der Waals surface area contributed by atoms with E-state index in [1.807, 2.05) is 38.1 Å². The lowest BCUT2D eigenvalue weighted by atomic mass is 10.1. The molecule has 0 aliphatic carbocycles. The highest BCUT2D eigenvalue weighted by atomic mass is 35.5. The summed E-state index contributed by atoms with van der Waals surface area (Å²) in [6.45, 7) is 3.82. The maximum atomic E-state index is 12.5. The lowest BCUT2D eigenvalue weighted by Gasteiger charge is -2.08. The van der Waals surface area contributed by atoms with Crippen LogP contribution in [0.2, 0.25) is 10.0 Å². The van der Waals surface area contributed by atoms with Gasteiger partial charge in [-0.05, 0) is 61.4 Å². The molecule has 3 aromatic rings. The van der Waals surface area contributed by atoms with Crippen LogP contribution < -0.4 is 5.32 Å². The first-order valence-electron chi connectivity index (χ1n) is 8.43. The number of carbonyl (C=O) groups excluding carboxylic acids is 1. The average Bonchev–Trinajstić information content (AvgIpc) is 3.13. The Morgan fingerprint density at radius 2 is 1.89 bits per heavy atom. The van der Waals surface area contributed by atoms with Crippen LogP contribution in [0, 0.1) is 25.2 Å². The first kappa shape index (κ1) is 19.8. The van der Waals surface area contributed by atoms with Gasteiger partial charge in [-0.1, -0.05) is 35.3 Å². The van der Waals surface area contributed by atoms with Gasteiger partial charge in [-0.2, -0.15) is 5.26 Å². The Balaban J connectivity index is 1.86. The van der Waals surface area contributed by atoms with Crippen molar-refractivity contribution in [3.63, 3.8) is 0 Å². The number of halogens is 2. The van der Waals surface area contributed by atoms with E-state index < -0.39 is 5.91 Å². The van der Waals surface area contributed by atoms with Crippen LogP contribution in [0.15, 0.2) is 58.5 Å². The minimum Gasteiger partial charge on any atom is -0.457 e. The van der Waals surface area contributed by atoms with Crippen LogP contribution in [0.4, 0.5) is 5.69 Å². The molecule has 28 heavy (non-hydrogen) atoms. The van der Waals surface area contributed by atoms with E-state index in [1.165, 1.54) is 6.08 Å². The summed E-state index contributed by atoms with van der Waals surface area (Å²) >= 11 is 12.2. The highest BCUT2D eigenvalue weighted by Crippen LogP contribution is 2.32. The number of anilines is 1. The summed E-state index contributed by atoms with van der Waals surface area (Å²) in [5.41, 5.74) is 3.15. The monoisotopic (exact) mass is 410 g/mol. The maximum absolute atomic E-state index is 12.5. The van der Waals surface area contributed by atoms with Gasteiger partial charge in [-0.3, -0.25) is 4.79 Å². The van der Waals surface area contributed by atoms with Crippen LogP contribution >= 0.6 is 23.2 Å². The molecule has 2 aromatic carbocycles. The smallest absolute Gasteiger partial charge is 0.266 e. The van der Waals surface area contributed by atoms with Crippen molar-refractivity contribution < 1.29 is 9.21 Å². The van der Waals surface area contributed by atoms with Crippen LogP contribution in [0.1, 0.15) is 16.9 Å². The van der Waals surface area contributed by atoms with Gasteiger partial charge >= 0.3 is 0 Å². The fraction of sp³-hybridized carbons (Fsp3) is 0.0909.